The standard InChI is InChI=1S/C23H31BrN4O4S/c1-23(2,3)32-22(29)28-13-11-27(12-14-28)21-15-20(24)10-9-19(21)16-25-26-33(30,31)17-18-7-5-4-6-8-18/h4-10,15,25-26H,11-14,16-17H2,1-3H3. The highest BCUT2D eigenvalue weighted by molar-refractivity contribution is 9.10. The van der Waals surface area contributed by atoms with E-state index in [1.54, 1.807) is 17.0 Å². The van der Waals surface area contributed by atoms with Crippen LogP contribution in [-0.2, 0) is 27.1 Å². The Morgan fingerprint density at radius 1 is 1.06 bits per heavy atom. The lowest BCUT2D eigenvalue weighted by atomic mass is 10.1. The van der Waals surface area contributed by atoms with E-state index in [1.165, 1.54) is 0 Å². The normalized spacial score (nSPS) is 14.9. The number of halogens is 1. The third-order valence-corrected chi connectivity index (χ3v) is 6.69. The summed E-state index contributed by atoms with van der Waals surface area (Å²) < 4.78 is 31.2. The number of ether oxygens (including phenoxy) is 1. The summed E-state index contributed by atoms with van der Waals surface area (Å²) in [7, 11) is -3.52. The molecule has 0 aliphatic carbocycles. The van der Waals surface area contributed by atoms with Crippen LogP contribution in [0.1, 0.15) is 31.9 Å². The summed E-state index contributed by atoms with van der Waals surface area (Å²) in [5.41, 5.74) is 4.99. The van der Waals surface area contributed by atoms with Gasteiger partial charge in [0.1, 0.15) is 5.60 Å². The SMILES string of the molecule is CC(C)(C)OC(=O)N1CCN(c2cc(Br)ccc2CNNS(=O)(=O)Cc2ccccc2)CC1. The summed E-state index contributed by atoms with van der Waals surface area (Å²) in [4.78, 5) is 18.7. The monoisotopic (exact) mass is 538 g/mol. The van der Waals surface area contributed by atoms with Gasteiger partial charge in [-0.2, -0.15) is 4.83 Å². The molecule has 0 atom stereocenters. The number of sulfonamides is 1. The molecule has 1 fully saturated rings. The molecule has 0 saturated carbocycles. The summed E-state index contributed by atoms with van der Waals surface area (Å²) in [6.07, 6.45) is -0.300. The van der Waals surface area contributed by atoms with Gasteiger partial charge in [-0.15, -0.1) is 0 Å². The molecule has 10 heteroatoms. The van der Waals surface area contributed by atoms with E-state index < -0.39 is 15.6 Å². The molecule has 1 amide bonds. The molecule has 0 aromatic heterocycles. The van der Waals surface area contributed by atoms with Crippen molar-refractivity contribution in [3.05, 3.63) is 64.1 Å². The van der Waals surface area contributed by atoms with Crippen LogP contribution >= 0.6 is 15.9 Å². The van der Waals surface area contributed by atoms with E-state index in [2.05, 4.69) is 31.1 Å². The van der Waals surface area contributed by atoms with Crippen LogP contribution in [0.25, 0.3) is 0 Å². The van der Waals surface area contributed by atoms with E-state index >= 15 is 0 Å². The fraction of sp³-hybridized carbons (Fsp3) is 0.435. The Balaban J connectivity index is 1.59. The number of hydrazine groups is 1. The van der Waals surface area contributed by atoms with Gasteiger partial charge in [0.25, 0.3) is 0 Å². The predicted molar refractivity (Wildman–Crippen MR) is 133 cm³/mol. The molecule has 0 unspecified atom stereocenters. The van der Waals surface area contributed by atoms with Crippen molar-refractivity contribution < 1.29 is 17.9 Å². The molecule has 8 nitrogen and oxygen atoms in total. The Labute approximate surface area is 204 Å². The van der Waals surface area contributed by atoms with Gasteiger partial charge in [0.15, 0.2) is 0 Å². The smallest absolute Gasteiger partial charge is 0.410 e. The molecule has 0 spiro atoms. The van der Waals surface area contributed by atoms with E-state index in [0.29, 0.717) is 32.7 Å². The molecule has 3 rings (SSSR count). The summed E-state index contributed by atoms with van der Waals surface area (Å²) in [5.74, 6) is -0.0966. The van der Waals surface area contributed by atoms with Crippen molar-refractivity contribution in [2.75, 3.05) is 31.1 Å². The van der Waals surface area contributed by atoms with Gasteiger partial charge in [0, 0.05) is 42.9 Å². The lowest BCUT2D eigenvalue weighted by Crippen LogP contribution is -2.50. The van der Waals surface area contributed by atoms with Crippen LogP contribution in [-0.4, -0.2) is 51.2 Å². The summed E-state index contributed by atoms with van der Waals surface area (Å²) >= 11 is 3.52. The molecule has 2 aromatic rings. The lowest BCUT2D eigenvalue weighted by molar-refractivity contribution is 0.0240. The third kappa shape index (κ3) is 7.99. The highest BCUT2D eigenvalue weighted by Gasteiger charge is 2.26. The Hall–Kier alpha value is -2.14. The number of anilines is 1. The highest BCUT2D eigenvalue weighted by atomic mass is 79.9. The molecule has 2 aromatic carbocycles. The lowest BCUT2D eigenvalue weighted by Gasteiger charge is -2.37. The second kappa shape index (κ2) is 10.9. The van der Waals surface area contributed by atoms with Crippen molar-refractivity contribution in [3.63, 3.8) is 0 Å². The Morgan fingerprint density at radius 2 is 1.73 bits per heavy atom. The zero-order chi connectivity index (χ0) is 24.1. The number of benzene rings is 2. The van der Waals surface area contributed by atoms with Crippen molar-refractivity contribution in [1.82, 2.24) is 15.2 Å². The van der Waals surface area contributed by atoms with Crippen LogP contribution in [0.2, 0.25) is 0 Å². The average molecular weight is 539 g/mol. The second-order valence-electron chi connectivity index (χ2n) is 8.93. The van der Waals surface area contributed by atoms with Gasteiger partial charge < -0.3 is 14.5 Å². The van der Waals surface area contributed by atoms with Crippen LogP contribution in [0.15, 0.2) is 53.0 Å². The van der Waals surface area contributed by atoms with Gasteiger partial charge in [0.05, 0.1) is 5.75 Å². The minimum Gasteiger partial charge on any atom is -0.444 e. The first kappa shape index (κ1) is 25.5. The van der Waals surface area contributed by atoms with E-state index in [1.807, 2.05) is 57.2 Å². The van der Waals surface area contributed by atoms with Gasteiger partial charge >= 0.3 is 6.09 Å². The molecule has 0 bridgehead atoms. The number of amides is 1. The maximum Gasteiger partial charge on any atom is 0.410 e. The van der Waals surface area contributed by atoms with Crippen molar-refractivity contribution in [2.45, 2.75) is 38.7 Å². The Bertz CT molecular complexity index is 1050. The van der Waals surface area contributed by atoms with Crippen molar-refractivity contribution in [2.24, 2.45) is 0 Å². The van der Waals surface area contributed by atoms with Crippen LogP contribution < -0.4 is 15.2 Å². The van der Waals surface area contributed by atoms with Crippen LogP contribution in [0, 0.1) is 0 Å². The molecule has 1 heterocycles. The first-order valence-corrected chi connectivity index (χ1v) is 13.2. The van der Waals surface area contributed by atoms with E-state index in [0.717, 1.165) is 21.3 Å². The van der Waals surface area contributed by atoms with E-state index in [9.17, 15) is 13.2 Å². The zero-order valence-corrected chi connectivity index (χ0v) is 21.6. The number of hydrogen-bond acceptors (Lipinski definition) is 6. The fourth-order valence-corrected chi connectivity index (χ4v) is 4.85. The number of rotatable bonds is 7. The van der Waals surface area contributed by atoms with Gasteiger partial charge in [-0.1, -0.05) is 52.3 Å². The van der Waals surface area contributed by atoms with Gasteiger partial charge in [-0.05, 0) is 44.0 Å². The van der Waals surface area contributed by atoms with Crippen molar-refractivity contribution in [1.29, 1.82) is 0 Å². The minimum absolute atomic E-state index is 0.0966. The van der Waals surface area contributed by atoms with Crippen LogP contribution in [0.4, 0.5) is 10.5 Å². The molecule has 0 radical (unpaired) electrons. The molecule has 1 aliphatic rings. The molecular weight excluding hydrogens is 508 g/mol. The first-order valence-electron chi connectivity index (χ1n) is 10.8. The van der Waals surface area contributed by atoms with E-state index in [4.69, 9.17) is 4.74 Å². The van der Waals surface area contributed by atoms with Gasteiger partial charge in [-0.25, -0.2) is 18.6 Å². The molecular formula is C23H31BrN4O4S. The number of hydrogen-bond donors (Lipinski definition) is 2. The summed E-state index contributed by atoms with van der Waals surface area (Å²) in [6.45, 7) is 8.31. The van der Waals surface area contributed by atoms with Gasteiger partial charge in [-0.3, -0.25) is 0 Å². The van der Waals surface area contributed by atoms with Crippen LogP contribution in [0.5, 0.6) is 0 Å². The molecule has 2 N–H and O–H groups in total. The number of nitrogens with one attached hydrogen (secondary N) is 2. The number of nitrogens with zero attached hydrogens (tertiary/aromatic N) is 2. The van der Waals surface area contributed by atoms with Crippen molar-refractivity contribution >= 4 is 37.7 Å². The van der Waals surface area contributed by atoms with Gasteiger partial charge in [0.2, 0.25) is 10.0 Å². The number of carbonyl (C=O) groups is 1. The van der Waals surface area contributed by atoms with E-state index in [-0.39, 0.29) is 11.8 Å². The maximum absolute atomic E-state index is 12.4. The summed E-state index contributed by atoms with van der Waals surface area (Å²) in [6, 6.07) is 14.9. The molecule has 33 heavy (non-hydrogen) atoms. The number of carbonyl (C=O) groups excluding carboxylic acids is 1. The predicted octanol–water partition coefficient (Wildman–Crippen LogP) is 3.63. The highest BCUT2D eigenvalue weighted by Crippen LogP contribution is 2.26. The summed E-state index contributed by atoms with van der Waals surface area (Å²) in [5, 5.41) is 0. The zero-order valence-electron chi connectivity index (χ0n) is 19.2. The third-order valence-electron chi connectivity index (χ3n) is 5.03. The largest absolute Gasteiger partial charge is 0.444 e. The topological polar surface area (TPSA) is 91.0 Å². The Morgan fingerprint density at radius 3 is 2.36 bits per heavy atom. The molecule has 1 saturated heterocycles. The molecule has 1 aliphatic heterocycles. The molecule has 180 valence electrons. The van der Waals surface area contributed by atoms with Crippen molar-refractivity contribution in [3.8, 4) is 0 Å². The minimum atomic E-state index is -3.52. The quantitative estimate of drug-likeness (QED) is 0.523. The number of piperazine rings is 1. The Kier molecular flexibility index (Phi) is 8.38. The van der Waals surface area contributed by atoms with Crippen LogP contribution in [0.3, 0.4) is 0 Å². The first-order chi connectivity index (χ1) is 15.5. The second-order valence-corrected chi connectivity index (χ2v) is 11.6. The maximum atomic E-state index is 12.4. The average Bonchev–Trinajstić information content (AvgIpc) is 2.74. The fourth-order valence-electron chi connectivity index (χ4n) is 3.51.